The molecule has 2 atom stereocenters. The molecule has 104 valence electrons. The van der Waals surface area contributed by atoms with E-state index in [1.165, 1.54) is 12.8 Å². The van der Waals surface area contributed by atoms with Gasteiger partial charge in [-0.1, -0.05) is 0 Å². The molecular formula is C14H25NO3. The van der Waals surface area contributed by atoms with Gasteiger partial charge in [0.1, 0.15) is 0 Å². The maximum atomic E-state index is 12.0. The number of ether oxygens (including phenoxy) is 1. The summed E-state index contributed by atoms with van der Waals surface area (Å²) >= 11 is 0. The normalized spacial score (nSPS) is 28.6. The molecule has 0 radical (unpaired) electrons. The fraction of sp³-hybridized carbons (Fsp3) is 0.929. The van der Waals surface area contributed by atoms with Crippen LogP contribution in [0.15, 0.2) is 0 Å². The number of rotatable bonds is 5. The third kappa shape index (κ3) is 3.95. The van der Waals surface area contributed by atoms with Gasteiger partial charge in [0.15, 0.2) is 0 Å². The van der Waals surface area contributed by atoms with Gasteiger partial charge in [0.05, 0.1) is 6.10 Å². The summed E-state index contributed by atoms with van der Waals surface area (Å²) in [6.45, 7) is 2.81. The highest BCUT2D eigenvalue weighted by Gasteiger charge is 2.26. The highest BCUT2D eigenvalue weighted by atomic mass is 16.5. The maximum absolute atomic E-state index is 12.0. The molecule has 4 heteroatoms. The Morgan fingerprint density at radius 3 is 2.89 bits per heavy atom. The molecule has 0 aromatic heterocycles. The molecule has 0 saturated carbocycles. The third-order valence-electron chi connectivity index (χ3n) is 4.13. The summed E-state index contributed by atoms with van der Waals surface area (Å²) in [6, 6.07) is 0. The van der Waals surface area contributed by atoms with Gasteiger partial charge in [0.25, 0.3) is 0 Å². The third-order valence-corrected chi connectivity index (χ3v) is 4.13. The predicted molar refractivity (Wildman–Crippen MR) is 69.2 cm³/mol. The van der Waals surface area contributed by atoms with Crippen molar-refractivity contribution >= 4 is 5.91 Å². The van der Waals surface area contributed by atoms with Gasteiger partial charge in [-0.3, -0.25) is 4.79 Å². The highest BCUT2D eigenvalue weighted by Crippen LogP contribution is 2.22. The molecule has 2 saturated heterocycles. The zero-order chi connectivity index (χ0) is 12.8. The van der Waals surface area contributed by atoms with Crippen molar-refractivity contribution in [1.82, 2.24) is 4.90 Å². The summed E-state index contributed by atoms with van der Waals surface area (Å²) in [5.74, 6) is 0.773. The van der Waals surface area contributed by atoms with Crippen molar-refractivity contribution in [1.29, 1.82) is 0 Å². The first kappa shape index (κ1) is 13.8. The molecule has 1 amide bonds. The molecule has 2 aliphatic rings. The Kier molecular flexibility index (Phi) is 5.45. The molecule has 0 aromatic rings. The molecule has 2 unspecified atom stereocenters. The van der Waals surface area contributed by atoms with Crippen LogP contribution >= 0.6 is 0 Å². The zero-order valence-electron chi connectivity index (χ0n) is 11.1. The van der Waals surface area contributed by atoms with Gasteiger partial charge in [-0.2, -0.15) is 0 Å². The van der Waals surface area contributed by atoms with E-state index in [0.29, 0.717) is 18.4 Å². The first-order chi connectivity index (χ1) is 8.79. The largest absolute Gasteiger partial charge is 0.396 e. The number of carbonyl (C=O) groups excluding carboxylic acids is 1. The minimum Gasteiger partial charge on any atom is -0.396 e. The van der Waals surface area contributed by atoms with E-state index in [2.05, 4.69) is 0 Å². The van der Waals surface area contributed by atoms with E-state index in [1.807, 2.05) is 4.90 Å². The Balaban J connectivity index is 1.65. The van der Waals surface area contributed by atoms with Crippen molar-refractivity contribution in [2.45, 2.75) is 51.0 Å². The van der Waals surface area contributed by atoms with Gasteiger partial charge in [0, 0.05) is 32.7 Å². The van der Waals surface area contributed by atoms with Crippen LogP contribution in [0.1, 0.15) is 44.9 Å². The summed E-state index contributed by atoms with van der Waals surface area (Å²) in [4.78, 5) is 14.0. The standard InChI is InChI=1S/C14H25NO3/c16-9-7-12-6-8-15(11-12)14(17)5-4-13-3-1-2-10-18-13/h12-13,16H,1-11H2. The average Bonchev–Trinajstić information content (AvgIpc) is 2.86. The van der Waals surface area contributed by atoms with Crippen LogP contribution in [0.4, 0.5) is 0 Å². The Labute approximate surface area is 109 Å². The van der Waals surface area contributed by atoms with Crippen molar-refractivity contribution in [2.24, 2.45) is 5.92 Å². The topological polar surface area (TPSA) is 49.8 Å². The first-order valence-electron chi connectivity index (χ1n) is 7.30. The smallest absolute Gasteiger partial charge is 0.222 e. The van der Waals surface area contributed by atoms with Crippen LogP contribution in [-0.4, -0.2) is 48.3 Å². The van der Waals surface area contributed by atoms with Gasteiger partial charge in [-0.25, -0.2) is 0 Å². The SMILES string of the molecule is O=C(CCC1CCCCO1)N1CCC(CCO)C1. The molecule has 18 heavy (non-hydrogen) atoms. The Bertz CT molecular complexity index is 264. The number of aliphatic hydroxyl groups is 1. The van der Waals surface area contributed by atoms with Crippen LogP contribution in [0.2, 0.25) is 0 Å². The van der Waals surface area contributed by atoms with E-state index < -0.39 is 0 Å². The molecular weight excluding hydrogens is 230 g/mol. The molecule has 2 aliphatic heterocycles. The Morgan fingerprint density at radius 1 is 1.28 bits per heavy atom. The van der Waals surface area contributed by atoms with Crippen molar-refractivity contribution < 1.29 is 14.6 Å². The molecule has 2 rings (SSSR count). The highest BCUT2D eigenvalue weighted by molar-refractivity contribution is 5.76. The lowest BCUT2D eigenvalue weighted by Crippen LogP contribution is -2.30. The maximum Gasteiger partial charge on any atom is 0.222 e. The molecule has 2 fully saturated rings. The van der Waals surface area contributed by atoms with Gasteiger partial charge in [0.2, 0.25) is 5.91 Å². The molecule has 0 aliphatic carbocycles. The van der Waals surface area contributed by atoms with Crippen molar-refractivity contribution in [3.8, 4) is 0 Å². The monoisotopic (exact) mass is 255 g/mol. The Morgan fingerprint density at radius 2 is 2.17 bits per heavy atom. The summed E-state index contributed by atoms with van der Waals surface area (Å²) < 4.78 is 5.65. The lowest BCUT2D eigenvalue weighted by molar-refractivity contribution is -0.131. The minimum absolute atomic E-state index is 0.239. The first-order valence-corrected chi connectivity index (χ1v) is 7.30. The second-order valence-electron chi connectivity index (χ2n) is 5.53. The van der Waals surface area contributed by atoms with Gasteiger partial charge in [-0.05, 0) is 44.4 Å². The van der Waals surface area contributed by atoms with E-state index in [0.717, 1.165) is 45.4 Å². The fourth-order valence-electron chi connectivity index (χ4n) is 2.96. The molecule has 4 nitrogen and oxygen atoms in total. The van der Waals surface area contributed by atoms with Gasteiger partial charge >= 0.3 is 0 Å². The number of aliphatic hydroxyl groups excluding tert-OH is 1. The van der Waals surface area contributed by atoms with Crippen LogP contribution in [0.25, 0.3) is 0 Å². The van der Waals surface area contributed by atoms with Crippen molar-refractivity contribution in [2.75, 3.05) is 26.3 Å². The number of amides is 1. The number of hydrogen-bond donors (Lipinski definition) is 1. The average molecular weight is 255 g/mol. The lowest BCUT2D eigenvalue weighted by Gasteiger charge is -2.23. The molecule has 0 aromatic carbocycles. The van der Waals surface area contributed by atoms with Crippen molar-refractivity contribution in [3.63, 3.8) is 0 Å². The van der Waals surface area contributed by atoms with E-state index in [1.54, 1.807) is 0 Å². The van der Waals surface area contributed by atoms with E-state index in [9.17, 15) is 4.79 Å². The van der Waals surface area contributed by atoms with Crippen LogP contribution in [-0.2, 0) is 9.53 Å². The zero-order valence-corrected chi connectivity index (χ0v) is 11.1. The summed E-state index contributed by atoms with van der Waals surface area (Å²) in [7, 11) is 0. The second kappa shape index (κ2) is 7.10. The molecule has 0 spiro atoms. The van der Waals surface area contributed by atoms with E-state index >= 15 is 0 Å². The second-order valence-corrected chi connectivity index (χ2v) is 5.53. The molecule has 2 heterocycles. The van der Waals surface area contributed by atoms with Crippen LogP contribution in [0, 0.1) is 5.92 Å². The fourth-order valence-corrected chi connectivity index (χ4v) is 2.96. The molecule has 1 N–H and O–H groups in total. The number of carbonyl (C=O) groups is 1. The van der Waals surface area contributed by atoms with Crippen LogP contribution < -0.4 is 0 Å². The minimum atomic E-state index is 0.239. The van der Waals surface area contributed by atoms with Crippen molar-refractivity contribution in [3.05, 3.63) is 0 Å². The summed E-state index contributed by atoms with van der Waals surface area (Å²) in [6.07, 6.45) is 7.19. The summed E-state index contributed by atoms with van der Waals surface area (Å²) in [5, 5.41) is 8.91. The predicted octanol–water partition coefficient (Wildman–Crippen LogP) is 1.57. The quantitative estimate of drug-likeness (QED) is 0.811. The van der Waals surface area contributed by atoms with E-state index in [4.69, 9.17) is 9.84 Å². The lowest BCUT2D eigenvalue weighted by atomic mass is 10.0. The summed E-state index contributed by atoms with van der Waals surface area (Å²) in [5.41, 5.74) is 0. The van der Waals surface area contributed by atoms with E-state index in [-0.39, 0.29) is 12.5 Å². The van der Waals surface area contributed by atoms with Crippen LogP contribution in [0.5, 0.6) is 0 Å². The van der Waals surface area contributed by atoms with Gasteiger partial charge < -0.3 is 14.7 Å². The van der Waals surface area contributed by atoms with Gasteiger partial charge in [-0.15, -0.1) is 0 Å². The van der Waals surface area contributed by atoms with Crippen LogP contribution in [0.3, 0.4) is 0 Å². The number of likely N-dealkylation sites (tertiary alicyclic amines) is 1. The number of nitrogens with zero attached hydrogens (tertiary/aromatic N) is 1. The number of hydrogen-bond acceptors (Lipinski definition) is 3. The molecule has 0 bridgehead atoms. The Hall–Kier alpha value is -0.610.